The summed E-state index contributed by atoms with van der Waals surface area (Å²) in [5.74, 6) is 0.827. The van der Waals surface area contributed by atoms with Gasteiger partial charge in [0.15, 0.2) is 6.23 Å². The van der Waals surface area contributed by atoms with Crippen molar-refractivity contribution in [2.75, 3.05) is 13.1 Å². The Morgan fingerprint density at radius 1 is 1.45 bits per heavy atom. The molecule has 0 spiro atoms. The molecule has 1 unspecified atom stereocenters. The predicted molar refractivity (Wildman–Crippen MR) is 43.7 cm³/mol. The maximum absolute atomic E-state index is 8.96. The van der Waals surface area contributed by atoms with Crippen molar-refractivity contribution in [2.24, 2.45) is 5.92 Å². The van der Waals surface area contributed by atoms with Crippen LogP contribution in [-0.2, 0) is 0 Å². The van der Waals surface area contributed by atoms with Crippen molar-refractivity contribution in [1.29, 1.82) is 0 Å². The number of hydrogen-bond acceptors (Lipinski definition) is 2. The average molecular weight is 159 g/mol. The molecule has 1 atom stereocenters. The van der Waals surface area contributed by atoms with E-state index in [2.05, 4.69) is 11.1 Å². The van der Waals surface area contributed by atoms with Gasteiger partial charge >= 0.3 is 0 Å². The highest BCUT2D eigenvalue weighted by molar-refractivity contribution is 4.68. The molecule has 0 saturated carbocycles. The molecule has 3 nitrogen and oxygen atoms in total. The topological polar surface area (TPSA) is 59.9 Å². The Morgan fingerprint density at radius 3 is 2.64 bits per heavy atom. The monoisotopic (exact) mass is 159 g/mol. The number of hydrogen-bond donors (Lipinski definition) is 3. The van der Waals surface area contributed by atoms with E-state index < -0.39 is 0 Å². The summed E-state index contributed by atoms with van der Waals surface area (Å²) in [5, 5.41) is 12.3. The van der Waals surface area contributed by atoms with Gasteiger partial charge < -0.3 is 16.2 Å². The first-order chi connectivity index (χ1) is 5.29. The summed E-state index contributed by atoms with van der Waals surface area (Å²) in [4.78, 5) is 0. The standard InChI is InChI=1S/C8H18N2O/c9-8(11)2-1-7-3-5-10-6-4-7/h7-8,10-11H,1-6,9H2/p+1. The highest BCUT2D eigenvalue weighted by Crippen LogP contribution is 2.17. The van der Waals surface area contributed by atoms with Crippen LogP contribution < -0.4 is 11.1 Å². The zero-order valence-corrected chi connectivity index (χ0v) is 7.05. The number of rotatable bonds is 3. The van der Waals surface area contributed by atoms with Gasteiger partial charge in [-0.3, -0.25) is 0 Å². The quantitative estimate of drug-likeness (QED) is 0.478. The molecule has 1 heterocycles. The van der Waals surface area contributed by atoms with Gasteiger partial charge in [0.25, 0.3) is 0 Å². The Labute approximate surface area is 68.0 Å². The first kappa shape index (κ1) is 8.97. The van der Waals surface area contributed by atoms with Crippen LogP contribution in [0, 0.1) is 5.92 Å². The number of quaternary nitrogens is 1. The van der Waals surface area contributed by atoms with Crippen molar-refractivity contribution in [1.82, 2.24) is 5.32 Å². The molecule has 1 rings (SSSR count). The number of aliphatic hydroxyl groups excluding tert-OH is 1. The molecule has 0 radical (unpaired) electrons. The van der Waals surface area contributed by atoms with Crippen molar-refractivity contribution in [3.05, 3.63) is 0 Å². The second-order valence-corrected chi connectivity index (χ2v) is 3.42. The lowest BCUT2D eigenvalue weighted by atomic mass is 9.93. The fourth-order valence-electron chi connectivity index (χ4n) is 1.60. The molecule has 5 N–H and O–H groups in total. The van der Waals surface area contributed by atoms with Gasteiger partial charge in [-0.1, -0.05) is 0 Å². The normalized spacial score (nSPS) is 23.5. The van der Waals surface area contributed by atoms with Gasteiger partial charge in [-0.2, -0.15) is 0 Å². The minimum Gasteiger partial charge on any atom is -0.345 e. The summed E-state index contributed by atoms with van der Waals surface area (Å²) >= 11 is 0. The van der Waals surface area contributed by atoms with Gasteiger partial charge in [0.1, 0.15) is 0 Å². The van der Waals surface area contributed by atoms with E-state index in [0.717, 1.165) is 31.8 Å². The molecule has 3 heteroatoms. The van der Waals surface area contributed by atoms with Crippen molar-refractivity contribution >= 4 is 0 Å². The predicted octanol–water partition coefficient (Wildman–Crippen LogP) is -0.674. The molecule has 0 aromatic rings. The lowest BCUT2D eigenvalue weighted by Crippen LogP contribution is -2.60. The molecule has 1 fully saturated rings. The number of aliphatic hydroxyl groups is 1. The zero-order chi connectivity index (χ0) is 8.10. The smallest absolute Gasteiger partial charge is 0.185 e. The lowest BCUT2D eigenvalue weighted by molar-refractivity contribution is -0.483. The Hall–Kier alpha value is -0.120. The minimum absolute atomic E-state index is 0.357. The first-order valence-corrected chi connectivity index (χ1v) is 4.51. The lowest BCUT2D eigenvalue weighted by Gasteiger charge is -2.22. The van der Waals surface area contributed by atoms with E-state index in [1.807, 2.05) is 0 Å². The van der Waals surface area contributed by atoms with Crippen molar-refractivity contribution in [2.45, 2.75) is 31.9 Å². The molecular formula is C8H19N2O+. The van der Waals surface area contributed by atoms with E-state index in [1.54, 1.807) is 0 Å². The van der Waals surface area contributed by atoms with Crippen molar-refractivity contribution < 1.29 is 10.8 Å². The fourth-order valence-corrected chi connectivity index (χ4v) is 1.60. The SMILES string of the molecule is [NH3+]C(O)CCC1CCNCC1. The zero-order valence-electron chi connectivity index (χ0n) is 7.05. The van der Waals surface area contributed by atoms with Crippen LogP contribution in [0.4, 0.5) is 0 Å². The van der Waals surface area contributed by atoms with Crippen LogP contribution in [0.2, 0.25) is 0 Å². The van der Waals surface area contributed by atoms with Crippen LogP contribution in [0.5, 0.6) is 0 Å². The molecule has 1 saturated heterocycles. The minimum atomic E-state index is -0.357. The molecule has 0 bridgehead atoms. The Morgan fingerprint density at radius 2 is 2.09 bits per heavy atom. The molecular weight excluding hydrogens is 140 g/mol. The molecule has 0 aromatic heterocycles. The average Bonchev–Trinajstić information content (AvgIpc) is 2.03. The van der Waals surface area contributed by atoms with Gasteiger partial charge in [0.2, 0.25) is 0 Å². The highest BCUT2D eigenvalue weighted by Gasteiger charge is 2.13. The molecule has 1 aliphatic heterocycles. The number of nitrogens with one attached hydrogen (secondary N) is 1. The van der Waals surface area contributed by atoms with Gasteiger partial charge in [-0.25, -0.2) is 0 Å². The Balaban J connectivity index is 2.05. The van der Waals surface area contributed by atoms with Gasteiger partial charge in [0.05, 0.1) is 0 Å². The van der Waals surface area contributed by atoms with E-state index in [1.165, 1.54) is 12.8 Å². The fraction of sp³-hybridized carbons (Fsp3) is 1.00. The third-order valence-electron chi connectivity index (χ3n) is 2.37. The van der Waals surface area contributed by atoms with Gasteiger partial charge in [-0.05, 0) is 38.3 Å². The van der Waals surface area contributed by atoms with E-state index in [0.29, 0.717) is 0 Å². The van der Waals surface area contributed by atoms with Gasteiger partial charge in [0, 0.05) is 6.42 Å². The van der Waals surface area contributed by atoms with Crippen LogP contribution in [0.1, 0.15) is 25.7 Å². The summed E-state index contributed by atoms with van der Waals surface area (Å²) in [5.41, 5.74) is 3.56. The molecule has 0 aliphatic carbocycles. The van der Waals surface area contributed by atoms with Crippen molar-refractivity contribution in [3.8, 4) is 0 Å². The summed E-state index contributed by atoms with van der Waals surface area (Å²) in [7, 11) is 0. The van der Waals surface area contributed by atoms with Crippen LogP contribution in [0.25, 0.3) is 0 Å². The third-order valence-corrected chi connectivity index (χ3v) is 2.37. The van der Waals surface area contributed by atoms with E-state index >= 15 is 0 Å². The Bertz CT molecular complexity index is 100. The largest absolute Gasteiger partial charge is 0.345 e. The second kappa shape index (κ2) is 4.70. The van der Waals surface area contributed by atoms with Crippen LogP contribution in [-0.4, -0.2) is 24.4 Å². The third kappa shape index (κ3) is 3.70. The Kier molecular flexibility index (Phi) is 3.83. The highest BCUT2D eigenvalue weighted by atomic mass is 16.3. The summed E-state index contributed by atoms with van der Waals surface area (Å²) in [6.45, 7) is 2.30. The summed E-state index contributed by atoms with van der Waals surface area (Å²) in [6.07, 6.45) is 4.20. The van der Waals surface area contributed by atoms with Crippen molar-refractivity contribution in [3.63, 3.8) is 0 Å². The maximum Gasteiger partial charge on any atom is 0.185 e. The molecule has 11 heavy (non-hydrogen) atoms. The molecule has 1 aliphatic rings. The molecule has 66 valence electrons. The summed E-state index contributed by atoms with van der Waals surface area (Å²) in [6, 6.07) is 0. The van der Waals surface area contributed by atoms with E-state index in [-0.39, 0.29) is 6.23 Å². The van der Waals surface area contributed by atoms with Crippen LogP contribution in [0.15, 0.2) is 0 Å². The maximum atomic E-state index is 8.96. The second-order valence-electron chi connectivity index (χ2n) is 3.42. The van der Waals surface area contributed by atoms with Gasteiger partial charge in [-0.15, -0.1) is 0 Å². The molecule has 0 amide bonds. The number of piperidine rings is 1. The van der Waals surface area contributed by atoms with Crippen LogP contribution >= 0.6 is 0 Å². The van der Waals surface area contributed by atoms with Crippen LogP contribution in [0.3, 0.4) is 0 Å². The summed E-state index contributed by atoms with van der Waals surface area (Å²) < 4.78 is 0. The molecule has 0 aromatic carbocycles. The first-order valence-electron chi connectivity index (χ1n) is 4.51. The van der Waals surface area contributed by atoms with E-state index in [4.69, 9.17) is 5.11 Å². The van der Waals surface area contributed by atoms with E-state index in [9.17, 15) is 0 Å².